The van der Waals surface area contributed by atoms with Crippen molar-refractivity contribution in [2.45, 2.75) is 6.23 Å². The summed E-state index contributed by atoms with van der Waals surface area (Å²) in [6.45, 7) is 3.05. The van der Waals surface area contributed by atoms with Crippen LogP contribution in [0.1, 0.15) is 0 Å². The van der Waals surface area contributed by atoms with Crippen LogP contribution in [0.15, 0.2) is 28.9 Å². The normalized spacial score (nSPS) is 23.2. The number of carbonyl (C=O) groups is 1. The second-order valence-corrected chi connectivity index (χ2v) is 6.86. The van der Waals surface area contributed by atoms with Gasteiger partial charge in [0.25, 0.3) is 5.91 Å². The van der Waals surface area contributed by atoms with E-state index in [9.17, 15) is 9.90 Å². The van der Waals surface area contributed by atoms with Crippen LogP contribution < -0.4 is 4.90 Å². The molecule has 2 heterocycles. The Morgan fingerprint density at radius 2 is 1.74 bits per heavy atom. The van der Waals surface area contributed by atoms with Gasteiger partial charge < -0.3 is 14.9 Å². The molecular formula is C15H16Cl3N3O2. The van der Waals surface area contributed by atoms with Gasteiger partial charge in [-0.25, -0.2) is 0 Å². The maximum Gasteiger partial charge on any atom is 0.278 e. The number of benzene rings is 1. The molecule has 1 aromatic rings. The summed E-state index contributed by atoms with van der Waals surface area (Å²) >= 11 is 18.2. The number of likely N-dealkylation sites (N-methyl/N-ethyl adjacent to an activating group) is 1. The highest BCUT2D eigenvalue weighted by Gasteiger charge is 2.41. The molecule has 2 aliphatic rings. The maximum absolute atomic E-state index is 12.8. The number of piperazine rings is 1. The molecule has 5 nitrogen and oxygen atoms in total. The lowest BCUT2D eigenvalue weighted by molar-refractivity contribution is -0.117. The number of carbonyl (C=O) groups excluding carboxylic acids is 1. The van der Waals surface area contributed by atoms with Crippen LogP contribution in [-0.4, -0.2) is 60.3 Å². The van der Waals surface area contributed by atoms with E-state index < -0.39 is 6.23 Å². The SMILES string of the molecule is CN1CCN(C2=C(Cl)C(O)N(c3ccc(Cl)c(Cl)c3)C2=O)CC1. The van der Waals surface area contributed by atoms with Gasteiger partial charge in [0.2, 0.25) is 0 Å². The van der Waals surface area contributed by atoms with Crippen molar-refractivity contribution in [3.05, 3.63) is 39.0 Å². The van der Waals surface area contributed by atoms with Crippen molar-refractivity contribution in [3.63, 3.8) is 0 Å². The van der Waals surface area contributed by atoms with Gasteiger partial charge in [-0.3, -0.25) is 9.69 Å². The predicted molar refractivity (Wildman–Crippen MR) is 91.9 cm³/mol. The first kappa shape index (κ1) is 16.9. The summed E-state index contributed by atoms with van der Waals surface area (Å²) in [6.07, 6.45) is -1.21. The molecule has 0 bridgehead atoms. The fourth-order valence-electron chi connectivity index (χ4n) is 2.77. The van der Waals surface area contributed by atoms with E-state index in [2.05, 4.69) is 4.90 Å². The summed E-state index contributed by atoms with van der Waals surface area (Å²) in [4.78, 5) is 18.1. The van der Waals surface area contributed by atoms with Gasteiger partial charge in [0.1, 0.15) is 5.70 Å². The second-order valence-electron chi connectivity index (χ2n) is 5.63. The molecule has 23 heavy (non-hydrogen) atoms. The Hall–Kier alpha value is -0.980. The van der Waals surface area contributed by atoms with E-state index in [4.69, 9.17) is 34.8 Å². The molecule has 1 atom stereocenters. The molecule has 1 saturated heterocycles. The first-order valence-corrected chi connectivity index (χ1v) is 8.33. The minimum atomic E-state index is -1.21. The molecule has 1 aromatic carbocycles. The summed E-state index contributed by atoms with van der Waals surface area (Å²) in [6, 6.07) is 4.76. The number of halogens is 3. The molecular weight excluding hydrogens is 361 g/mol. The second kappa shape index (κ2) is 6.49. The number of nitrogens with zero attached hydrogens (tertiary/aromatic N) is 3. The van der Waals surface area contributed by atoms with Gasteiger partial charge in [-0.15, -0.1) is 0 Å². The van der Waals surface area contributed by atoms with Crippen LogP contribution in [0.4, 0.5) is 5.69 Å². The monoisotopic (exact) mass is 375 g/mol. The van der Waals surface area contributed by atoms with Crippen molar-refractivity contribution in [3.8, 4) is 0 Å². The zero-order chi connectivity index (χ0) is 16.7. The Morgan fingerprint density at radius 1 is 1.09 bits per heavy atom. The van der Waals surface area contributed by atoms with Gasteiger partial charge in [-0.2, -0.15) is 0 Å². The number of rotatable bonds is 2. The zero-order valence-corrected chi connectivity index (χ0v) is 14.7. The van der Waals surface area contributed by atoms with Gasteiger partial charge in [-0.1, -0.05) is 34.8 Å². The first-order chi connectivity index (χ1) is 10.9. The minimum Gasteiger partial charge on any atom is -0.368 e. The Labute approximate surface area is 149 Å². The molecule has 0 radical (unpaired) electrons. The first-order valence-electron chi connectivity index (χ1n) is 7.20. The fraction of sp³-hybridized carbons (Fsp3) is 0.400. The molecule has 2 aliphatic heterocycles. The lowest BCUT2D eigenvalue weighted by atomic mass is 10.2. The average Bonchev–Trinajstić information content (AvgIpc) is 2.74. The molecule has 124 valence electrons. The Kier molecular flexibility index (Phi) is 4.76. The zero-order valence-electron chi connectivity index (χ0n) is 12.5. The Morgan fingerprint density at radius 3 is 2.35 bits per heavy atom. The van der Waals surface area contributed by atoms with E-state index in [0.29, 0.717) is 34.5 Å². The van der Waals surface area contributed by atoms with Gasteiger partial charge in [0.05, 0.1) is 15.1 Å². The average molecular weight is 377 g/mol. The van der Waals surface area contributed by atoms with Gasteiger partial charge in [0.15, 0.2) is 6.23 Å². The van der Waals surface area contributed by atoms with Crippen LogP contribution in [0.3, 0.4) is 0 Å². The Balaban J connectivity index is 1.89. The van der Waals surface area contributed by atoms with Crippen LogP contribution in [0.25, 0.3) is 0 Å². The fourth-order valence-corrected chi connectivity index (χ4v) is 3.36. The van der Waals surface area contributed by atoms with Crippen LogP contribution >= 0.6 is 34.8 Å². The van der Waals surface area contributed by atoms with E-state index in [0.717, 1.165) is 13.1 Å². The third-order valence-electron chi connectivity index (χ3n) is 4.12. The molecule has 3 rings (SSSR count). The van der Waals surface area contributed by atoms with E-state index in [1.54, 1.807) is 18.2 Å². The lowest BCUT2D eigenvalue weighted by Gasteiger charge is -2.34. The highest BCUT2D eigenvalue weighted by Crippen LogP contribution is 2.36. The number of anilines is 1. The Bertz CT molecular complexity index is 672. The highest BCUT2D eigenvalue weighted by molar-refractivity contribution is 6.42. The molecule has 1 unspecified atom stereocenters. The number of hydrogen-bond donors (Lipinski definition) is 1. The number of aliphatic hydroxyl groups is 1. The van der Waals surface area contributed by atoms with Crippen LogP contribution in [-0.2, 0) is 4.79 Å². The van der Waals surface area contributed by atoms with Crippen molar-refractivity contribution in [1.82, 2.24) is 9.80 Å². The van der Waals surface area contributed by atoms with Crippen molar-refractivity contribution < 1.29 is 9.90 Å². The predicted octanol–water partition coefficient (Wildman–Crippen LogP) is 2.36. The van der Waals surface area contributed by atoms with Gasteiger partial charge in [-0.05, 0) is 25.2 Å². The smallest absolute Gasteiger partial charge is 0.278 e. The van der Waals surface area contributed by atoms with Crippen LogP contribution in [0.2, 0.25) is 10.0 Å². The highest BCUT2D eigenvalue weighted by atomic mass is 35.5. The molecule has 8 heteroatoms. The van der Waals surface area contributed by atoms with Gasteiger partial charge >= 0.3 is 0 Å². The number of amides is 1. The summed E-state index contributed by atoms with van der Waals surface area (Å²) in [5.74, 6) is -0.328. The molecule has 1 amide bonds. The summed E-state index contributed by atoms with van der Waals surface area (Å²) in [5.41, 5.74) is 0.817. The molecule has 0 aliphatic carbocycles. The minimum absolute atomic E-state index is 0.144. The van der Waals surface area contributed by atoms with Crippen molar-refractivity contribution in [2.24, 2.45) is 0 Å². The molecule has 1 fully saturated rings. The number of hydrogen-bond acceptors (Lipinski definition) is 4. The van der Waals surface area contributed by atoms with Crippen molar-refractivity contribution >= 4 is 46.4 Å². The quantitative estimate of drug-likeness (QED) is 0.861. The molecule has 0 aromatic heterocycles. The van der Waals surface area contributed by atoms with E-state index in [1.165, 1.54) is 4.90 Å². The van der Waals surface area contributed by atoms with Crippen molar-refractivity contribution in [2.75, 3.05) is 38.1 Å². The van der Waals surface area contributed by atoms with E-state index >= 15 is 0 Å². The standard InChI is InChI=1S/C15H16Cl3N3O2/c1-19-4-6-20(7-5-19)13-12(18)14(22)21(15(13)23)9-2-3-10(16)11(17)8-9/h2-3,8,14,22H,4-7H2,1H3. The maximum atomic E-state index is 12.8. The molecule has 1 N–H and O–H groups in total. The van der Waals surface area contributed by atoms with Gasteiger partial charge in [0, 0.05) is 31.9 Å². The summed E-state index contributed by atoms with van der Waals surface area (Å²) in [7, 11) is 2.03. The summed E-state index contributed by atoms with van der Waals surface area (Å²) < 4.78 is 0. The summed E-state index contributed by atoms with van der Waals surface area (Å²) in [5, 5.41) is 11.2. The van der Waals surface area contributed by atoms with E-state index in [1.807, 2.05) is 11.9 Å². The van der Waals surface area contributed by atoms with Crippen LogP contribution in [0.5, 0.6) is 0 Å². The third kappa shape index (κ3) is 3.04. The lowest BCUT2D eigenvalue weighted by Crippen LogP contribution is -2.46. The largest absolute Gasteiger partial charge is 0.368 e. The van der Waals surface area contributed by atoms with Crippen LogP contribution in [0, 0.1) is 0 Å². The molecule has 0 spiro atoms. The molecule has 0 saturated carbocycles. The number of aliphatic hydroxyl groups excluding tert-OH is 1. The third-order valence-corrected chi connectivity index (χ3v) is 5.23. The van der Waals surface area contributed by atoms with Crippen molar-refractivity contribution in [1.29, 1.82) is 0 Å². The topological polar surface area (TPSA) is 47.0 Å². The van der Waals surface area contributed by atoms with E-state index in [-0.39, 0.29) is 10.9 Å².